The minimum Gasteiger partial charge on any atom is -0.462 e. The molecule has 0 spiro atoms. The Labute approximate surface area is 543 Å². The molecule has 0 saturated heterocycles. The Hall–Kier alpha value is -1.94. The molecule has 0 aliphatic carbocycles. The Kier molecular flexibility index (Phi) is 60.8. The standard InChI is InChI=1S/C70H136O17P2/c1-7-9-11-13-15-27-34-40-46-52-67(72)80-58-65(86-69(74)54-48-42-35-28-16-14-12-10-8-2)60-84-88(76,77)82-56-64(71)57-83-89(78,79)85-61-66(59-81-68(73)53-47-41-37-31-33-39-45-51-63(5)6)87-70(75)55-49-43-36-30-26-24-22-20-18-17-19-21-23-25-29-32-38-44-50-62(3)4/h62-66,71H,7-61H2,1-6H3,(H,76,77)(H,78,79)/t64-,65+,66+/m0/s1. The van der Waals surface area contributed by atoms with Crippen LogP contribution >= 0.6 is 15.6 Å². The van der Waals surface area contributed by atoms with Gasteiger partial charge in [-0.2, -0.15) is 0 Å². The van der Waals surface area contributed by atoms with Crippen molar-refractivity contribution in [2.45, 2.75) is 374 Å². The van der Waals surface area contributed by atoms with Crippen molar-refractivity contribution in [2.75, 3.05) is 39.6 Å². The van der Waals surface area contributed by atoms with Crippen LogP contribution in [0.5, 0.6) is 0 Å². The summed E-state index contributed by atoms with van der Waals surface area (Å²) in [5.41, 5.74) is 0. The fraction of sp³-hybridized carbons (Fsp3) is 0.943. The maximum Gasteiger partial charge on any atom is 0.472 e. The van der Waals surface area contributed by atoms with E-state index in [4.69, 9.17) is 37.0 Å². The van der Waals surface area contributed by atoms with Gasteiger partial charge in [0.25, 0.3) is 0 Å². The summed E-state index contributed by atoms with van der Waals surface area (Å²) < 4.78 is 68.1. The van der Waals surface area contributed by atoms with Crippen LogP contribution in [0.3, 0.4) is 0 Å². The SMILES string of the molecule is CCCCCCCCCCCC(=O)OC[C@H](COP(=O)(O)OC[C@H](O)COP(=O)(O)OC[C@@H](COC(=O)CCCCCCCCCC(C)C)OC(=O)CCCCCCCCCCCCCCCCCCCCC(C)C)OC(=O)CCCCCCCCCCC. The molecule has 0 aromatic carbocycles. The fourth-order valence-corrected chi connectivity index (χ4v) is 12.2. The molecule has 0 heterocycles. The van der Waals surface area contributed by atoms with Crippen molar-refractivity contribution in [3.63, 3.8) is 0 Å². The van der Waals surface area contributed by atoms with E-state index in [1.165, 1.54) is 167 Å². The molecule has 0 aromatic heterocycles. The molecule has 2 unspecified atom stereocenters. The van der Waals surface area contributed by atoms with Crippen molar-refractivity contribution >= 4 is 39.5 Å². The quantitative estimate of drug-likeness (QED) is 0.0222. The first-order chi connectivity index (χ1) is 42.9. The lowest BCUT2D eigenvalue weighted by atomic mass is 10.0. The average Bonchev–Trinajstić information content (AvgIpc) is 3.71. The largest absolute Gasteiger partial charge is 0.472 e. The fourth-order valence-electron chi connectivity index (χ4n) is 10.6. The number of phosphoric ester groups is 2. The molecule has 0 aromatic rings. The number of esters is 4. The van der Waals surface area contributed by atoms with Crippen molar-refractivity contribution in [2.24, 2.45) is 11.8 Å². The minimum atomic E-state index is -4.95. The van der Waals surface area contributed by atoms with Gasteiger partial charge in [0.2, 0.25) is 0 Å². The molecule has 528 valence electrons. The van der Waals surface area contributed by atoms with Crippen molar-refractivity contribution in [1.82, 2.24) is 0 Å². The van der Waals surface area contributed by atoms with Crippen LogP contribution in [0.4, 0.5) is 0 Å². The van der Waals surface area contributed by atoms with Gasteiger partial charge in [-0.05, 0) is 37.5 Å². The Balaban J connectivity index is 5.13. The number of hydrogen-bond donors (Lipinski definition) is 3. The second-order valence-corrected chi connectivity index (χ2v) is 29.1. The van der Waals surface area contributed by atoms with Crippen LogP contribution in [0.1, 0.15) is 356 Å². The highest BCUT2D eigenvalue weighted by Gasteiger charge is 2.30. The number of carbonyl (C=O) groups excluding carboxylic acids is 4. The summed E-state index contributed by atoms with van der Waals surface area (Å²) in [5.74, 6) is -0.603. The highest BCUT2D eigenvalue weighted by molar-refractivity contribution is 7.47. The molecule has 0 amide bonds. The lowest BCUT2D eigenvalue weighted by Gasteiger charge is -2.21. The lowest BCUT2D eigenvalue weighted by Crippen LogP contribution is -2.30. The maximum absolute atomic E-state index is 13.0. The summed E-state index contributed by atoms with van der Waals surface area (Å²) in [6.07, 6.45) is 47.4. The van der Waals surface area contributed by atoms with E-state index in [1.807, 2.05) is 0 Å². The van der Waals surface area contributed by atoms with Crippen molar-refractivity contribution in [3.8, 4) is 0 Å². The van der Waals surface area contributed by atoms with Crippen LogP contribution in [0, 0.1) is 11.8 Å². The molecule has 17 nitrogen and oxygen atoms in total. The van der Waals surface area contributed by atoms with Gasteiger partial charge in [0, 0.05) is 25.7 Å². The Bertz CT molecular complexity index is 1730. The second-order valence-electron chi connectivity index (χ2n) is 26.2. The van der Waals surface area contributed by atoms with Gasteiger partial charge in [0.1, 0.15) is 19.3 Å². The van der Waals surface area contributed by atoms with Crippen molar-refractivity contribution in [3.05, 3.63) is 0 Å². The molecular weight excluding hydrogens is 1170 g/mol. The molecule has 0 saturated carbocycles. The van der Waals surface area contributed by atoms with E-state index in [1.54, 1.807) is 0 Å². The zero-order chi connectivity index (χ0) is 65.7. The highest BCUT2D eigenvalue weighted by atomic mass is 31.2. The molecule has 19 heteroatoms. The van der Waals surface area contributed by atoms with E-state index in [-0.39, 0.29) is 25.7 Å². The van der Waals surface area contributed by atoms with Crippen molar-refractivity contribution in [1.29, 1.82) is 0 Å². The minimum absolute atomic E-state index is 0.106. The zero-order valence-corrected chi connectivity index (χ0v) is 59.5. The van der Waals surface area contributed by atoms with Crippen LogP contribution in [-0.2, 0) is 65.4 Å². The summed E-state index contributed by atoms with van der Waals surface area (Å²) >= 11 is 0. The normalized spacial score (nSPS) is 14.1. The van der Waals surface area contributed by atoms with E-state index < -0.39 is 97.5 Å². The van der Waals surface area contributed by atoms with Gasteiger partial charge in [0.15, 0.2) is 12.2 Å². The van der Waals surface area contributed by atoms with Gasteiger partial charge in [-0.15, -0.1) is 0 Å². The van der Waals surface area contributed by atoms with Crippen LogP contribution in [0.2, 0.25) is 0 Å². The second kappa shape index (κ2) is 62.2. The predicted octanol–water partition coefficient (Wildman–Crippen LogP) is 20.0. The Morgan fingerprint density at radius 3 is 0.764 bits per heavy atom. The lowest BCUT2D eigenvalue weighted by molar-refractivity contribution is -0.161. The van der Waals surface area contributed by atoms with E-state index in [0.717, 1.165) is 102 Å². The van der Waals surface area contributed by atoms with Gasteiger partial charge < -0.3 is 33.8 Å². The maximum atomic E-state index is 13.0. The van der Waals surface area contributed by atoms with E-state index in [2.05, 4.69) is 41.5 Å². The number of unbranched alkanes of at least 4 members (excludes halogenated alkanes) is 39. The summed E-state index contributed by atoms with van der Waals surface area (Å²) in [6.45, 7) is 9.49. The highest BCUT2D eigenvalue weighted by Crippen LogP contribution is 2.45. The molecule has 0 aliphatic heterocycles. The van der Waals surface area contributed by atoms with E-state index >= 15 is 0 Å². The molecular formula is C70H136O17P2. The number of carbonyl (C=O) groups is 4. The van der Waals surface area contributed by atoms with Crippen LogP contribution < -0.4 is 0 Å². The van der Waals surface area contributed by atoms with Gasteiger partial charge in [-0.1, -0.05) is 305 Å². The van der Waals surface area contributed by atoms with Crippen LogP contribution in [0.15, 0.2) is 0 Å². The molecule has 3 N–H and O–H groups in total. The smallest absolute Gasteiger partial charge is 0.462 e. The number of rotatable bonds is 69. The first kappa shape index (κ1) is 87.1. The van der Waals surface area contributed by atoms with Crippen LogP contribution in [0.25, 0.3) is 0 Å². The average molecular weight is 1310 g/mol. The predicted molar refractivity (Wildman–Crippen MR) is 358 cm³/mol. The van der Waals surface area contributed by atoms with Crippen molar-refractivity contribution < 1.29 is 80.2 Å². The van der Waals surface area contributed by atoms with Gasteiger partial charge in [-0.25, -0.2) is 9.13 Å². The third-order valence-corrected chi connectivity index (χ3v) is 18.1. The third-order valence-electron chi connectivity index (χ3n) is 16.2. The van der Waals surface area contributed by atoms with E-state index in [0.29, 0.717) is 31.6 Å². The zero-order valence-electron chi connectivity index (χ0n) is 57.7. The summed E-state index contributed by atoms with van der Waals surface area (Å²) in [5, 5.41) is 10.6. The Morgan fingerprint density at radius 1 is 0.303 bits per heavy atom. The first-order valence-corrected chi connectivity index (χ1v) is 39.5. The Morgan fingerprint density at radius 2 is 0.517 bits per heavy atom. The monoisotopic (exact) mass is 1310 g/mol. The van der Waals surface area contributed by atoms with Gasteiger partial charge in [0.05, 0.1) is 26.4 Å². The van der Waals surface area contributed by atoms with Gasteiger partial charge >= 0.3 is 39.5 Å². The first-order valence-electron chi connectivity index (χ1n) is 36.5. The summed E-state index contributed by atoms with van der Waals surface area (Å²) in [6, 6.07) is 0. The third kappa shape index (κ3) is 64.6. The number of ether oxygens (including phenoxy) is 4. The topological polar surface area (TPSA) is 237 Å². The molecule has 0 fully saturated rings. The molecule has 89 heavy (non-hydrogen) atoms. The molecule has 0 bridgehead atoms. The molecule has 0 radical (unpaired) electrons. The molecule has 0 aliphatic rings. The summed E-state index contributed by atoms with van der Waals surface area (Å²) in [7, 11) is -9.89. The molecule has 5 atom stereocenters. The summed E-state index contributed by atoms with van der Waals surface area (Å²) in [4.78, 5) is 72.3. The number of aliphatic hydroxyl groups excluding tert-OH is 1. The number of aliphatic hydroxyl groups is 1. The van der Waals surface area contributed by atoms with E-state index in [9.17, 15) is 43.2 Å². The van der Waals surface area contributed by atoms with Crippen LogP contribution in [-0.4, -0.2) is 96.7 Å². The number of hydrogen-bond acceptors (Lipinski definition) is 15. The molecule has 0 rings (SSSR count). The number of phosphoric acid groups is 2. The van der Waals surface area contributed by atoms with Gasteiger partial charge in [-0.3, -0.25) is 37.3 Å².